The van der Waals surface area contributed by atoms with Crippen LogP contribution in [-0.2, 0) is 27.5 Å². The lowest BCUT2D eigenvalue weighted by atomic mass is 9.92. The summed E-state index contributed by atoms with van der Waals surface area (Å²) in [5.41, 5.74) is 0.163. The Balaban J connectivity index is 1.67. The quantitative estimate of drug-likeness (QED) is 0.771. The van der Waals surface area contributed by atoms with Gasteiger partial charge in [-0.2, -0.15) is 17.5 Å². The number of hydrogen-bond donors (Lipinski definition) is 0. The van der Waals surface area contributed by atoms with Crippen LogP contribution in [0, 0.1) is 5.92 Å². The molecular weight excluding hydrogens is 381 g/mol. The van der Waals surface area contributed by atoms with Crippen molar-refractivity contribution in [2.75, 3.05) is 38.6 Å². The minimum absolute atomic E-state index is 0.0667. The summed E-state index contributed by atoms with van der Waals surface area (Å²) < 4.78 is 70.1. The molecule has 0 N–H and O–H groups in total. The van der Waals surface area contributed by atoms with Crippen molar-refractivity contribution in [2.24, 2.45) is 5.92 Å². The molecule has 2 atom stereocenters. The van der Waals surface area contributed by atoms with Crippen LogP contribution in [0.4, 0.5) is 13.2 Å². The molecule has 0 radical (unpaired) electrons. The minimum Gasteiger partial charge on any atom is -0.380 e. The first-order chi connectivity index (χ1) is 12.7. The lowest BCUT2D eigenvalue weighted by Crippen LogP contribution is -2.53. The predicted molar refractivity (Wildman–Crippen MR) is 95.6 cm³/mol. The van der Waals surface area contributed by atoms with E-state index in [2.05, 4.69) is 4.90 Å². The number of sulfonamides is 1. The maximum atomic E-state index is 12.7. The van der Waals surface area contributed by atoms with E-state index in [1.807, 2.05) is 0 Å². The largest absolute Gasteiger partial charge is 0.416 e. The number of likely N-dealkylation sites (tertiary alicyclic amines) is 1. The molecule has 2 saturated heterocycles. The summed E-state index contributed by atoms with van der Waals surface area (Å²) in [5, 5.41) is 0. The number of hydrogen-bond acceptors (Lipinski definition) is 4. The van der Waals surface area contributed by atoms with Gasteiger partial charge in [0.1, 0.15) is 0 Å². The smallest absolute Gasteiger partial charge is 0.380 e. The number of piperidine rings is 1. The lowest BCUT2D eigenvalue weighted by molar-refractivity contribution is -0.137. The SMILES string of the molecule is CCS(=O)(=O)N1CCOCC2CN(Cc3ccc(C(F)(F)F)cc3)CCC21. The highest BCUT2D eigenvalue weighted by molar-refractivity contribution is 7.89. The molecule has 0 bridgehead atoms. The second-order valence-corrected chi connectivity index (χ2v) is 9.34. The maximum Gasteiger partial charge on any atom is 0.416 e. The topological polar surface area (TPSA) is 49.9 Å². The third kappa shape index (κ3) is 4.82. The molecular formula is C18H25F3N2O3S. The molecule has 0 spiro atoms. The van der Waals surface area contributed by atoms with E-state index in [0.717, 1.165) is 17.7 Å². The van der Waals surface area contributed by atoms with Gasteiger partial charge in [0.2, 0.25) is 10.0 Å². The fraction of sp³-hybridized carbons (Fsp3) is 0.667. The van der Waals surface area contributed by atoms with Gasteiger partial charge < -0.3 is 4.74 Å². The Morgan fingerprint density at radius 1 is 1.19 bits per heavy atom. The number of ether oxygens (including phenoxy) is 1. The highest BCUT2D eigenvalue weighted by Crippen LogP contribution is 2.30. The predicted octanol–water partition coefficient (Wildman–Crippen LogP) is 2.58. The van der Waals surface area contributed by atoms with Crippen LogP contribution in [0.15, 0.2) is 24.3 Å². The molecule has 0 aliphatic carbocycles. The minimum atomic E-state index is -4.33. The van der Waals surface area contributed by atoms with Crippen molar-refractivity contribution in [1.29, 1.82) is 0 Å². The third-order valence-electron chi connectivity index (χ3n) is 5.35. The zero-order valence-electron chi connectivity index (χ0n) is 15.3. The van der Waals surface area contributed by atoms with Crippen LogP contribution in [0.25, 0.3) is 0 Å². The number of alkyl halides is 3. The van der Waals surface area contributed by atoms with Gasteiger partial charge >= 0.3 is 6.18 Å². The number of halogens is 3. The standard InChI is InChI=1S/C18H25F3N2O3S/c1-2-27(24,25)23-9-10-26-13-15-12-22(8-7-17(15)23)11-14-3-5-16(6-4-14)18(19,20)21/h3-6,15,17H,2,7-13H2,1H3. The van der Waals surface area contributed by atoms with E-state index in [0.29, 0.717) is 45.8 Å². The van der Waals surface area contributed by atoms with Crippen molar-refractivity contribution < 1.29 is 26.3 Å². The number of benzene rings is 1. The molecule has 2 unspecified atom stereocenters. The molecule has 2 heterocycles. The Labute approximate surface area is 158 Å². The van der Waals surface area contributed by atoms with Crippen LogP contribution in [0.1, 0.15) is 24.5 Å². The lowest BCUT2D eigenvalue weighted by Gasteiger charge is -2.41. The number of rotatable bonds is 4. The normalized spacial score (nSPS) is 25.8. The highest BCUT2D eigenvalue weighted by atomic mass is 32.2. The molecule has 0 aromatic heterocycles. The zero-order chi connectivity index (χ0) is 19.7. The van der Waals surface area contributed by atoms with Crippen LogP contribution in [0.5, 0.6) is 0 Å². The fourth-order valence-corrected chi connectivity index (χ4v) is 5.28. The fourth-order valence-electron chi connectivity index (χ4n) is 3.91. The van der Waals surface area contributed by atoms with Gasteiger partial charge in [0.05, 0.1) is 24.5 Å². The van der Waals surface area contributed by atoms with Gasteiger partial charge in [0, 0.05) is 38.1 Å². The Kier molecular flexibility index (Phi) is 6.14. The van der Waals surface area contributed by atoms with E-state index in [1.165, 1.54) is 12.1 Å². The van der Waals surface area contributed by atoms with Gasteiger partial charge in [-0.3, -0.25) is 4.90 Å². The Hall–Kier alpha value is -1.16. The van der Waals surface area contributed by atoms with Gasteiger partial charge in [0.25, 0.3) is 0 Å². The van der Waals surface area contributed by atoms with Crippen molar-refractivity contribution in [1.82, 2.24) is 9.21 Å². The van der Waals surface area contributed by atoms with Crippen molar-refractivity contribution in [3.63, 3.8) is 0 Å². The number of nitrogens with zero attached hydrogens (tertiary/aromatic N) is 2. The highest BCUT2D eigenvalue weighted by Gasteiger charge is 2.39. The molecule has 1 aromatic carbocycles. The third-order valence-corrected chi connectivity index (χ3v) is 7.24. The van der Waals surface area contributed by atoms with Crippen molar-refractivity contribution in [2.45, 2.75) is 32.1 Å². The Bertz CT molecular complexity index is 737. The van der Waals surface area contributed by atoms with Gasteiger partial charge in [0.15, 0.2) is 0 Å². The molecule has 3 rings (SSSR count). The van der Waals surface area contributed by atoms with Gasteiger partial charge in [-0.15, -0.1) is 0 Å². The van der Waals surface area contributed by atoms with E-state index >= 15 is 0 Å². The molecule has 2 fully saturated rings. The molecule has 9 heteroatoms. The van der Waals surface area contributed by atoms with Gasteiger partial charge in [-0.05, 0) is 31.0 Å². The maximum absolute atomic E-state index is 12.7. The first kappa shape index (κ1) is 20.6. The van der Waals surface area contributed by atoms with Crippen LogP contribution in [0.3, 0.4) is 0 Å². The molecule has 152 valence electrons. The molecule has 27 heavy (non-hydrogen) atoms. The van der Waals surface area contributed by atoms with Crippen LogP contribution < -0.4 is 0 Å². The van der Waals surface area contributed by atoms with Crippen molar-refractivity contribution in [3.8, 4) is 0 Å². The molecule has 2 aliphatic rings. The first-order valence-corrected chi connectivity index (χ1v) is 10.8. The summed E-state index contributed by atoms with van der Waals surface area (Å²) >= 11 is 0. The summed E-state index contributed by atoms with van der Waals surface area (Å²) in [4.78, 5) is 2.16. The average Bonchev–Trinajstić information content (AvgIpc) is 2.84. The van der Waals surface area contributed by atoms with Crippen LogP contribution >= 0.6 is 0 Å². The molecule has 0 saturated carbocycles. The molecule has 5 nitrogen and oxygen atoms in total. The van der Waals surface area contributed by atoms with Crippen LogP contribution in [-0.4, -0.2) is 62.3 Å². The summed E-state index contributed by atoms with van der Waals surface area (Å²) in [7, 11) is -3.28. The summed E-state index contributed by atoms with van der Waals surface area (Å²) in [6.45, 7) is 4.85. The van der Waals surface area contributed by atoms with E-state index < -0.39 is 21.8 Å². The van der Waals surface area contributed by atoms with E-state index in [1.54, 1.807) is 11.2 Å². The second kappa shape index (κ2) is 8.06. The Morgan fingerprint density at radius 2 is 1.89 bits per heavy atom. The van der Waals surface area contributed by atoms with E-state index in [9.17, 15) is 21.6 Å². The van der Waals surface area contributed by atoms with E-state index in [-0.39, 0.29) is 17.7 Å². The van der Waals surface area contributed by atoms with Gasteiger partial charge in [-0.1, -0.05) is 12.1 Å². The summed E-state index contributed by atoms with van der Waals surface area (Å²) in [5.74, 6) is 0.142. The Morgan fingerprint density at radius 3 is 2.52 bits per heavy atom. The first-order valence-electron chi connectivity index (χ1n) is 9.16. The summed E-state index contributed by atoms with van der Waals surface area (Å²) in [6, 6.07) is 5.15. The van der Waals surface area contributed by atoms with Crippen molar-refractivity contribution >= 4 is 10.0 Å². The molecule has 2 aliphatic heterocycles. The zero-order valence-corrected chi connectivity index (χ0v) is 16.1. The molecule has 1 aromatic rings. The molecule has 0 amide bonds. The van der Waals surface area contributed by atoms with Crippen LogP contribution in [0.2, 0.25) is 0 Å². The second-order valence-electron chi connectivity index (χ2n) is 7.13. The monoisotopic (exact) mass is 406 g/mol. The average molecular weight is 406 g/mol. The summed E-state index contributed by atoms with van der Waals surface area (Å²) in [6.07, 6.45) is -3.63. The van der Waals surface area contributed by atoms with E-state index in [4.69, 9.17) is 4.74 Å². The van der Waals surface area contributed by atoms with Crippen molar-refractivity contribution in [3.05, 3.63) is 35.4 Å². The van der Waals surface area contributed by atoms with Gasteiger partial charge in [-0.25, -0.2) is 8.42 Å². The number of fused-ring (bicyclic) bond motifs is 1.